The van der Waals surface area contributed by atoms with Crippen LogP contribution in [-0.4, -0.2) is 35.6 Å². The first kappa shape index (κ1) is 24.4. The smallest absolute Gasteiger partial charge is 0.309 e. The Labute approximate surface area is 177 Å². The van der Waals surface area contributed by atoms with E-state index >= 15 is 0 Å². The molecule has 3 rings (SSSR count). The first-order valence-corrected chi connectivity index (χ1v) is 10.2. The molecule has 1 aliphatic carbocycles. The zero-order chi connectivity index (χ0) is 21.3. The van der Waals surface area contributed by atoms with E-state index in [1.54, 1.807) is 0 Å². The number of allylic oxidation sites excluding steroid dienone is 3. The van der Waals surface area contributed by atoms with Gasteiger partial charge >= 0.3 is 5.97 Å². The summed E-state index contributed by atoms with van der Waals surface area (Å²) in [7, 11) is 0. The molecule has 1 aromatic carbocycles. The predicted molar refractivity (Wildman–Crippen MR) is 116 cm³/mol. The third-order valence-corrected chi connectivity index (χ3v) is 5.08. The van der Waals surface area contributed by atoms with E-state index in [9.17, 15) is 9.18 Å². The fourth-order valence-corrected chi connectivity index (χ4v) is 3.00. The van der Waals surface area contributed by atoms with Gasteiger partial charge < -0.3 is 5.11 Å². The summed E-state index contributed by atoms with van der Waals surface area (Å²) in [6.07, 6.45) is 4.95. The molecule has 0 amide bonds. The van der Waals surface area contributed by atoms with Crippen LogP contribution in [0.5, 0.6) is 0 Å². The zero-order valence-electron chi connectivity index (χ0n) is 16.6. The van der Waals surface area contributed by atoms with E-state index in [1.807, 2.05) is 43.0 Å². The highest BCUT2D eigenvalue weighted by Gasteiger charge is 2.33. The molecule has 2 aliphatic rings. The van der Waals surface area contributed by atoms with Crippen molar-refractivity contribution < 1.29 is 14.3 Å². The van der Waals surface area contributed by atoms with E-state index in [0.29, 0.717) is 41.7 Å². The van der Waals surface area contributed by atoms with Gasteiger partial charge in [-0.3, -0.25) is 9.69 Å². The van der Waals surface area contributed by atoms with Gasteiger partial charge in [-0.1, -0.05) is 62.7 Å². The lowest BCUT2D eigenvalue weighted by molar-refractivity contribution is -0.147. The van der Waals surface area contributed by atoms with Crippen LogP contribution in [-0.2, 0) is 11.2 Å². The standard InChI is InChI=1S/C12H14FNO2.C8H8Cl2.C2H6/c1-8-2-3-9(11(13)4-8)5-14-6-10(7-14)12(15)16;1-2-6-3-4-7(9)8(10)5-6;1-2/h3-4,10H,1-2,5-7H2,(H,15,16);3-5H,2H2,1H3;1-2H3. The Morgan fingerprint density at radius 3 is 2.43 bits per heavy atom. The zero-order valence-corrected chi connectivity index (χ0v) is 18.2. The van der Waals surface area contributed by atoms with Crippen LogP contribution in [0, 0.1) is 5.92 Å². The molecule has 0 aromatic heterocycles. The fourth-order valence-electron chi connectivity index (χ4n) is 2.68. The minimum Gasteiger partial charge on any atom is -0.481 e. The number of hydrogen-bond donors (Lipinski definition) is 1. The van der Waals surface area contributed by atoms with E-state index in [2.05, 4.69) is 13.5 Å². The van der Waals surface area contributed by atoms with Gasteiger partial charge in [-0.25, -0.2) is 4.39 Å². The lowest BCUT2D eigenvalue weighted by Crippen LogP contribution is -2.50. The molecule has 1 aromatic rings. The number of benzene rings is 1. The number of aryl methyl sites for hydroxylation is 1. The number of carboxylic acids is 1. The molecule has 3 nitrogen and oxygen atoms in total. The second kappa shape index (κ2) is 12.1. The minimum atomic E-state index is -0.765. The maximum absolute atomic E-state index is 13.5. The number of rotatable bonds is 4. The summed E-state index contributed by atoms with van der Waals surface area (Å²) in [6, 6.07) is 5.70. The highest BCUT2D eigenvalue weighted by molar-refractivity contribution is 6.42. The number of carbonyl (C=O) groups is 1. The summed E-state index contributed by atoms with van der Waals surface area (Å²) >= 11 is 11.5. The van der Waals surface area contributed by atoms with Crippen LogP contribution in [0.15, 0.2) is 53.9 Å². The van der Waals surface area contributed by atoms with Gasteiger partial charge in [0.2, 0.25) is 0 Å². The Bertz CT molecular complexity index is 753. The van der Waals surface area contributed by atoms with Gasteiger partial charge in [-0.2, -0.15) is 0 Å². The van der Waals surface area contributed by atoms with Crippen molar-refractivity contribution in [2.75, 3.05) is 19.6 Å². The molecule has 1 heterocycles. The van der Waals surface area contributed by atoms with Crippen molar-refractivity contribution in [1.29, 1.82) is 0 Å². The van der Waals surface area contributed by atoms with Crippen molar-refractivity contribution >= 4 is 29.2 Å². The van der Waals surface area contributed by atoms with E-state index in [4.69, 9.17) is 28.3 Å². The SMILES string of the molecule is C=C1C=C(F)C(CN2CC(C(=O)O)C2)=CC1.CC.CCc1ccc(Cl)c(Cl)c1. The highest BCUT2D eigenvalue weighted by atomic mass is 35.5. The summed E-state index contributed by atoms with van der Waals surface area (Å²) in [5.41, 5.74) is 2.64. The average Bonchev–Trinajstić information content (AvgIpc) is 2.63. The molecule has 0 unspecified atom stereocenters. The Morgan fingerprint density at radius 2 is 1.93 bits per heavy atom. The molecule has 0 radical (unpaired) electrons. The maximum atomic E-state index is 13.5. The molecule has 6 heteroatoms. The summed E-state index contributed by atoms with van der Waals surface area (Å²) in [6.45, 7) is 11.3. The van der Waals surface area contributed by atoms with Crippen molar-refractivity contribution in [1.82, 2.24) is 4.90 Å². The molecule has 0 spiro atoms. The van der Waals surface area contributed by atoms with E-state index in [0.717, 1.165) is 12.0 Å². The molecule has 1 saturated heterocycles. The summed E-state index contributed by atoms with van der Waals surface area (Å²) < 4.78 is 13.5. The van der Waals surface area contributed by atoms with Gasteiger partial charge in [0.15, 0.2) is 0 Å². The number of likely N-dealkylation sites (tertiary alicyclic amines) is 1. The molecule has 1 aliphatic heterocycles. The molecule has 0 atom stereocenters. The number of hydrogen-bond acceptors (Lipinski definition) is 2. The summed E-state index contributed by atoms with van der Waals surface area (Å²) in [5.74, 6) is -1.29. The minimum absolute atomic E-state index is 0.241. The summed E-state index contributed by atoms with van der Waals surface area (Å²) in [4.78, 5) is 12.5. The molecule has 1 N–H and O–H groups in total. The molecule has 0 saturated carbocycles. The molecular weight excluding hydrogens is 400 g/mol. The summed E-state index contributed by atoms with van der Waals surface area (Å²) in [5, 5.41) is 9.97. The fraction of sp³-hybridized carbons (Fsp3) is 0.409. The maximum Gasteiger partial charge on any atom is 0.309 e. The van der Waals surface area contributed by atoms with Crippen LogP contribution in [0.1, 0.15) is 32.8 Å². The van der Waals surface area contributed by atoms with Gasteiger partial charge in [0.05, 0.1) is 16.0 Å². The quantitative estimate of drug-likeness (QED) is 0.610. The molecule has 0 bridgehead atoms. The second-order valence-electron chi connectivity index (χ2n) is 6.42. The molecule has 154 valence electrons. The van der Waals surface area contributed by atoms with Crippen molar-refractivity contribution in [3.8, 4) is 0 Å². The van der Waals surface area contributed by atoms with Gasteiger partial charge in [-0.05, 0) is 47.8 Å². The van der Waals surface area contributed by atoms with Crippen molar-refractivity contribution in [2.24, 2.45) is 5.92 Å². The van der Waals surface area contributed by atoms with Crippen LogP contribution < -0.4 is 0 Å². The monoisotopic (exact) mass is 427 g/mol. The van der Waals surface area contributed by atoms with E-state index in [1.165, 1.54) is 11.6 Å². The van der Waals surface area contributed by atoms with Crippen LogP contribution in [0.25, 0.3) is 0 Å². The van der Waals surface area contributed by atoms with Gasteiger partial charge in [-0.15, -0.1) is 0 Å². The Kier molecular flexibility index (Phi) is 10.5. The third-order valence-electron chi connectivity index (χ3n) is 4.34. The van der Waals surface area contributed by atoms with Gasteiger partial charge in [0.1, 0.15) is 5.83 Å². The Morgan fingerprint density at radius 1 is 1.29 bits per heavy atom. The van der Waals surface area contributed by atoms with Crippen LogP contribution in [0.3, 0.4) is 0 Å². The number of halogens is 3. The number of aliphatic carboxylic acids is 1. The van der Waals surface area contributed by atoms with E-state index < -0.39 is 5.97 Å². The normalized spacial score (nSPS) is 16.6. The lowest BCUT2D eigenvalue weighted by atomic mass is 9.97. The molecular formula is C22H28Cl2FNO2. The van der Waals surface area contributed by atoms with Crippen LogP contribution >= 0.6 is 23.2 Å². The average molecular weight is 428 g/mol. The number of nitrogens with zero attached hydrogens (tertiary/aromatic N) is 1. The van der Waals surface area contributed by atoms with E-state index in [-0.39, 0.29) is 11.7 Å². The largest absolute Gasteiger partial charge is 0.481 e. The van der Waals surface area contributed by atoms with Crippen molar-refractivity contribution in [3.05, 3.63) is 69.5 Å². The first-order chi connectivity index (χ1) is 13.3. The van der Waals surface area contributed by atoms with Crippen molar-refractivity contribution in [2.45, 2.75) is 33.6 Å². The molecule has 1 fully saturated rings. The highest BCUT2D eigenvalue weighted by Crippen LogP contribution is 2.26. The topological polar surface area (TPSA) is 40.5 Å². The van der Waals surface area contributed by atoms with Crippen LogP contribution in [0.2, 0.25) is 10.0 Å². The number of carboxylic acid groups (broad SMARTS) is 1. The third kappa shape index (κ3) is 7.42. The molecule has 28 heavy (non-hydrogen) atoms. The van der Waals surface area contributed by atoms with Crippen LogP contribution in [0.4, 0.5) is 4.39 Å². The van der Waals surface area contributed by atoms with Gasteiger partial charge in [0, 0.05) is 19.6 Å². The Balaban J connectivity index is 0.000000281. The second-order valence-corrected chi connectivity index (χ2v) is 7.23. The first-order valence-electron chi connectivity index (χ1n) is 9.43. The lowest BCUT2D eigenvalue weighted by Gasteiger charge is -2.37. The Hall–Kier alpha value is -1.62. The van der Waals surface area contributed by atoms with Gasteiger partial charge in [0.25, 0.3) is 0 Å². The predicted octanol–water partition coefficient (Wildman–Crippen LogP) is 6.32. The van der Waals surface area contributed by atoms with Crippen molar-refractivity contribution in [3.63, 3.8) is 0 Å².